The van der Waals surface area contributed by atoms with Gasteiger partial charge >= 0.3 is 0 Å². The van der Waals surface area contributed by atoms with Crippen molar-refractivity contribution in [3.8, 4) is 0 Å². The van der Waals surface area contributed by atoms with E-state index in [2.05, 4.69) is 4.98 Å². The first-order valence-electron chi connectivity index (χ1n) is 6.94. The lowest BCUT2D eigenvalue weighted by molar-refractivity contribution is -0.128. The van der Waals surface area contributed by atoms with Crippen molar-refractivity contribution in [2.75, 3.05) is 12.3 Å². The van der Waals surface area contributed by atoms with Crippen LogP contribution in [0.15, 0.2) is 36.5 Å². The number of halogens is 1. The minimum Gasteiger partial charge on any atom is -0.338 e. The fourth-order valence-electron chi connectivity index (χ4n) is 2.83. The Hall–Kier alpha value is -1.66. The smallest absolute Gasteiger partial charge is 0.232 e. The molecule has 1 amide bonds. The normalized spacial score (nSPS) is 19.0. The van der Waals surface area contributed by atoms with Gasteiger partial charge in [0.1, 0.15) is 0 Å². The van der Waals surface area contributed by atoms with Crippen molar-refractivity contribution in [1.82, 2.24) is 9.88 Å². The zero-order valence-electron chi connectivity index (χ0n) is 11.8. The van der Waals surface area contributed by atoms with Gasteiger partial charge in [0.25, 0.3) is 0 Å². The quantitative estimate of drug-likeness (QED) is 0.801. The van der Waals surface area contributed by atoms with E-state index in [1.807, 2.05) is 30.3 Å². The highest BCUT2D eigenvalue weighted by molar-refractivity contribution is 8.13. The molecule has 3 rings (SSSR count). The van der Waals surface area contributed by atoms with Crippen LogP contribution >= 0.6 is 10.7 Å². The molecule has 0 aliphatic carbocycles. The zero-order chi connectivity index (χ0) is 15.7. The van der Waals surface area contributed by atoms with Gasteiger partial charge in [-0.3, -0.25) is 9.78 Å². The minimum absolute atomic E-state index is 0.0357. The summed E-state index contributed by atoms with van der Waals surface area (Å²) in [5.74, 6) is -0.421. The van der Waals surface area contributed by atoms with Gasteiger partial charge in [-0.05, 0) is 17.7 Å². The fourth-order valence-corrected chi connectivity index (χ4v) is 4.15. The lowest BCUT2D eigenvalue weighted by Crippen LogP contribution is -2.25. The number of carbonyl (C=O) groups excluding carboxylic acids is 1. The van der Waals surface area contributed by atoms with Gasteiger partial charge in [-0.25, -0.2) is 8.42 Å². The number of hydrogen-bond acceptors (Lipinski definition) is 4. The van der Waals surface area contributed by atoms with Crippen LogP contribution in [0.3, 0.4) is 0 Å². The van der Waals surface area contributed by atoms with E-state index >= 15 is 0 Å². The number of rotatable bonds is 4. The van der Waals surface area contributed by atoms with Crippen LogP contribution in [0.1, 0.15) is 12.0 Å². The molecule has 116 valence electrons. The number of amides is 1. The zero-order valence-corrected chi connectivity index (χ0v) is 13.3. The van der Waals surface area contributed by atoms with Gasteiger partial charge in [0.15, 0.2) is 0 Å². The molecular weight excluding hydrogens is 324 g/mol. The average molecular weight is 339 g/mol. The van der Waals surface area contributed by atoms with Gasteiger partial charge < -0.3 is 4.90 Å². The number of fused-ring (bicyclic) bond motifs is 1. The first-order chi connectivity index (χ1) is 10.4. The summed E-state index contributed by atoms with van der Waals surface area (Å²) in [5.41, 5.74) is 1.86. The van der Waals surface area contributed by atoms with Crippen LogP contribution in [0.5, 0.6) is 0 Å². The molecular formula is C15H15ClN2O3S. The Bertz CT molecular complexity index is 822. The van der Waals surface area contributed by atoms with Crippen molar-refractivity contribution >= 4 is 36.5 Å². The van der Waals surface area contributed by atoms with E-state index in [-0.39, 0.29) is 24.0 Å². The number of hydrogen-bond donors (Lipinski definition) is 0. The number of nitrogens with zero attached hydrogens (tertiary/aromatic N) is 2. The van der Waals surface area contributed by atoms with Crippen LogP contribution in [-0.4, -0.2) is 36.5 Å². The Kier molecular flexibility index (Phi) is 4.06. The molecule has 0 N–H and O–H groups in total. The second kappa shape index (κ2) is 5.85. The van der Waals surface area contributed by atoms with Crippen molar-refractivity contribution in [2.45, 2.75) is 13.0 Å². The molecule has 1 fully saturated rings. The van der Waals surface area contributed by atoms with E-state index in [0.29, 0.717) is 13.1 Å². The average Bonchev–Trinajstić information content (AvgIpc) is 2.76. The molecule has 5 nitrogen and oxygen atoms in total. The van der Waals surface area contributed by atoms with Crippen LogP contribution in [0.25, 0.3) is 10.9 Å². The Labute approximate surface area is 133 Å². The maximum atomic E-state index is 12.0. The van der Waals surface area contributed by atoms with Crippen molar-refractivity contribution in [1.29, 1.82) is 0 Å². The molecule has 1 unspecified atom stereocenters. The summed E-state index contributed by atoms with van der Waals surface area (Å²) < 4.78 is 22.3. The van der Waals surface area contributed by atoms with E-state index in [0.717, 1.165) is 16.5 Å². The topological polar surface area (TPSA) is 67.3 Å². The molecule has 1 saturated heterocycles. The monoisotopic (exact) mass is 338 g/mol. The van der Waals surface area contributed by atoms with E-state index < -0.39 is 9.05 Å². The standard InChI is InChI=1S/C15H15ClN2O3S/c16-22(20,21)10-12-7-15(19)18(9-12)8-11-3-4-13-2-1-5-17-14(13)6-11/h1-6,12H,7-10H2. The van der Waals surface area contributed by atoms with Gasteiger partial charge in [-0.1, -0.05) is 18.2 Å². The van der Waals surface area contributed by atoms with Crippen LogP contribution < -0.4 is 0 Å². The van der Waals surface area contributed by atoms with Crippen LogP contribution in [0.2, 0.25) is 0 Å². The largest absolute Gasteiger partial charge is 0.338 e. The third-order valence-corrected chi connectivity index (χ3v) is 5.02. The van der Waals surface area contributed by atoms with Gasteiger partial charge in [0, 0.05) is 47.7 Å². The molecule has 0 radical (unpaired) electrons. The van der Waals surface area contributed by atoms with Crippen molar-refractivity contribution in [3.05, 3.63) is 42.1 Å². The Morgan fingerprint density at radius 1 is 1.32 bits per heavy atom. The SMILES string of the molecule is O=C1CC(CS(=O)(=O)Cl)CN1Cc1ccc2cccnc2c1. The highest BCUT2D eigenvalue weighted by Gasteiger charge is 2.32. The van der Waals surface area contributed by atoms with Crippen molar-refractivity contribution in [2.24, 2.45) is 5.92 Å². The molecule has 1 aromatic heterocycles. The van der Waals surface area contributed by atoms with Gasteiger partial charge in [0.05, 0.1) is 11.3 Å². The van der Waals surface area contributed by atoms with E-state index in [1.165, 1.54) is 0 Å². The summed E-state index contributed by atoms with van der Waals surface area (Å²) in [5, 5.41) is 1.05. The minimum atomic E-state index is -3.57. The summed E-state index contributed by atoms with van der Waals surface area (Å²) in [6.45, 7) is 0.884. The maximum Gasteiger partial charge on any atom is 0.232 e. The van der Waals surface area contributed by atoms with Gasteiger partial charge in [-0.15, -0.1) is 0 Å². The summed E-state index contributed by atoms with van der Waals surface area (Å²) in [6.07, 6.45) is 1.96. The maximum absolute atomic E-state index is 12.0. The predicted octanol–water partition coefficient (Wildman–Crippen LogP) is 2.15. The van der Waals surface area contributed by atoms with E-state index in [9.17, 15) is 13.2 Å². The lowest BCUT2D eigenvalue weighted by Gasteiger charge is -2.16. The molecule has 1 aromatic carbocycles. The number of aromatic nitrogens is 1. The fraction of sp³-hybridized carbons (Fsp3) is 0.333. The molecule has 22 heavy (non-hydrogen) atoms. The first kappa shape index (κ1) is 15.2. The van der Waals surface area contributed by atoms with Crippen LogP contribution in [0.4, 0.5) is 0 Å². The molecule has 0 bridgehead atoms. The van der Waals surface area contributed by atoms with Crippen molar-refractivity contribution < 1.29 is 13.2 Å². The third kappa shape index (κ3) is 3.56. The third-order valence-electron chi connectivity index (χ3n) is 3.77. The van der Waals surface area contributed by atoms with Gasteiger partial charge in [0.2, 0.25) is 15.0 Å². The summed E-state index contributed by atoms with van der Waals surface area (Å²) in [7, 11) is 1.70. The molecule has 1 aliphatic rings. The van der Waals surface area contributed by atoms with Crippen LogP contribution in [0, 0.1) is 5.92 Å². The summed E-state index contributed by atoms with van der Waals surface area (Å²) in [4.78, 5) is 18.0. The molecule has 2 heterocycles. The molecule has 1 aliphatic heterocycles. The Morgan fingerprint density at radius 2 is 2.14 bits per heavy atom. The van der Waals surface area contributed by atoms with Crippen LogP contribution in [-0.2, 0) is 20.4 Å². The number of pyridine rings is 1. The number of carbonyl (C=O) groups is 1. The van der Waals surface area contributed by atoms with E-state index in [4.69, 9.17) is 10.7 Å². The summed E-state index contributed by atoms with van der Waals surface area (Å²) >= 11 is 0. The molecule has 0 saturated carbocycles. The highest BCUT2D eigenvalue weighted by Crippen LogP contribution is 2.23. The Morgan fingerprint density at radius 3 is 2.91 bits per heavy atom. The molecule has 0 spiro atoms. The van der Waals surface area contributed by atoms with Gasteiger partial charge in [-0.2, -0.15) is 0 Å². The lowest BCUT2D eigenvalue weighted by atomic mass is 10.1. The van der Waals surface area contributed by atoms with E-state index in [1.54, 1.807) is 11.1 Å². The highest BCUT2D eigenvalue weighted by atomic mass is 35.7. The number of benzene rings is 1. The second-order valence-electron chi connectivity index (χ2n) is 5.58. The number of likely N-dealkylation sites (tertiary alicyclic amines) is 1. The van der Waals surface area contributed by atoms with Crippen molar-refractivity contribution in [3.63, 3.8) is 0 Å². The predicted molar refractivity (Wildman–Crippen MR) is 84.9 cm³/mol. The molecule has 7 heteroatoms. The second-order valence-corrected chi connectivity index (χ2v) is 8.40. The molecule has 2 aromatic rings. The Balaban J connectivity index is 1.73. The first-order valence-corrected chi connectivity index (χ1v) is 9.42. The molecule has 1 atom stereocenters. The summed E-state index contributed by atoms with van der Waals surface area (Å²) in [6, 6.07) is 9.74.